The van der Waals surface area contributed by atoms with Gasteiger partial charge < -0.3 is 4.90 Å². The molecule has 5 aliphatic rings. The highest BCUT2D eigenvalue weighted by Gasteiger charge is 2.51. The zero-order valence-electron chi connectivity index (χ0n) is 34.7. The van der Waals surface area contributed by atoms with Crippen molar-refractivity contribution >= 4 is 27.8 Å². The fourth-order valence-corrected chi connectivity index (χ4v) is 12.8. The molecule has 0 unspecified atom stereocenters. The van der Waals surface area contributed by atoms with Gasteiger partial charge in [-0.15, -0.1) is 0 Å². The van der Waals surface area contributed by atoms with Crippen LogP contribution in [0.4, 0.5) is 17.1 Å². The largest absolute Gasteiger partial charge is 0.310 e. The summed E-state index contributed by atoms with van der Waals surface area (Å²) in [4.78, 5) is 2.47. The molecule has 8 aromatic rings. The normalized spacial score (nSPS) is 21.8. The van der Waals surface area contributed by atoms with E-state index in [0.717, 1.165) is 29.1 Å². The molecule has 292 valence electrons. The number of hydrogen-bond donors (Lipinski definition) is 0. The summed E-state index contributed by atoms with van der Waals surface area (Å²) in [6.45, 7) is 4.75. The number of hydrogen-bond acceptors (Lipinski definition) is 1. The molecule has 0 heterocycles. The average Bonchev–Trinajstić information content (AvgIpc) is 3.51. The summed E-state index contributed by atoms with van der Waals surface area (Å²) in [5.74, 6) is 2.85. The van der Waals surface area contributed by atoms with Crippen LogP contribution >= 0.6 is 0 Å². The summed E-state index contributed by atoms with van der Waals surface area (Å²) in [6, 6.07) is 68.5. The van der Waals surface area contributed by atoms with Crippen molar-refractivity contribution < 1.29 is 0 Å². The second kappa shape index (κ2) is 13.7. The highest BCUT2D eigenvalue weighted by atomic mass is 15.1. The molecule has 0 aromatic heterocycles. The van der Waals surface area contributed by atoms with Gasteiger partial charge in [0.1, 0.15) is 0 Å². The molecule has 0 saturated heterocycles. The Hall–Kier alpha value is -6.18. The molecule has 5 aliphatic carbocycles. The molecule has 0 radical (unpaired) electrons. The lowest BCUT2D eigenvalue weighted by molar-refractivity contribution is -0.00518. The van der Waals surface area contributed by atoms with E-state index in [1.54, 1.807) is 5.56 Å². The predicted molar refractivity (Wildman–Crippen MR) is 252 cm³/mol. The van der Waals surface area contributed by atoms with Crippen LogP contribution in [-0.2, 0) is 10.8 Å². The van der Waals surface area contributed by atoms with Crippen LogP contribution in [0.25, 0.3) is 55.3 Å². The van der Waals surface area contributed by atoms with Crippen molar-refractivity contribution in [2.75, 3.05) is 4.90 Å². The van der Waals surface area contributed by atoms with Crippen LogP contribution in [-0.4, -0.2) is 0 Å². The summed E-state index contributed by atoms with van der Waals surface area (Å²) in [6.07, 6.45) is 8.65. The van der Waals surface area contributed by atoms with Crippen LogP contribution in [0.3, 0.4) is 0 Å². The number of anilines is 3. The van der Waals surface area contributed by atoms with Gasteiger partial charge >= 0.3 is 0 Å². The standard InChI is InChI=1S/C59H51N/c1-58(2)55-20-7-6-17-53(55)54-30-29-50(35-56(54)58)60(48-27-23-44(24-28-48)52-19-10-14-45-13-9-18-51(57(45)52)43-11-4-3-5-12-43)49-16-8-15-46(34-49)42-21-25-47(26-22-42)59-36-39-31-40(37-59)33-41(32-39)38-59/h3-30,34-35,39-41H,31-33,36-38H2,1-2H3. The lowest BCUT2D eigenvalue weighted by Gasteiger charge is -2.57. The van der Waals surface area contributed by atoms with Gasteiger partial charge in [0.25, 0.3) is 0 Å². The highest BCUT2D eigenvalue weighted by molar-refractivity contribution is 6.06. The highest BCUT2D eigenvalue weighted by Crippen LogP contribution is 2.61. The van der Waals surface area contributed by atoms with Crippen molar-refractivity contribution in [1.82, 2.24) is 0 Å². The quantitative estimate of drug-likeness (QED) is 0.156. The summed E-state index contributed by atoms with van der Waals surface area (Å²) >= 11 is 0. The second-order valence-corrected chi connectivity index (χ2v) is 19.2. The van der Waals surface area contributed by atoms with Gasteiger partial charge in [-0.3, -0.25) is 0 Å². The molecule has 0 atom stereocenters. The molecule has 60 heavy (non-hydrogen) atoms. The van der Waals surface area contributed by atoms with Crippen LogP contribution in [0.5, 0.6) is 0 Å². The number of benzene rings is 8. The van der Waals surface area contributed by atoms with Gasteiger partial charge in [-0.1, -0.05) is 159 Å². The third-order valence-corrected chi connectivity index (χ3v) is 15.2. The first-order valence-electron chi connectivity index (χ1n) is 22.3. The Morgan fingerprint density at radius 3 is 1.63 bits per heavy atom. The van der Waals surface area contributed by atoms with Crippen molar-refractivity contribution in [3.05, 3.63) is 199 Å². The molecule has 0 aliphatic heterocycles. The van der Waals surface area contributed by atoms with Crippen LogP contribution < -0.4 is 4.90 Å². The van der Waals surface area contributed by atoms with Gasteiger partial charge in [0, 0.05) is 22.5 Å². The van der Waals surface area contributed by atoms with E-state index in [0.29, 0.717) is 5.41 Å². The third kappa shape index (κ3) is 5.73. The van der Waals surface area contributed by atoms with Crippen molar-refractivity contribution in [2.45, 2.75) is 63.2 Å². The smallest absolute Gasteiger partial charge is 0.0467 e. The lowest BCUT2D eigenvalue weighted by Crippen LogP contribution is -2.48. The van der Waals surface area contributed by atoms with E-state index < -0.39 is 0 Å². The monoisotopic (exact) mass is 773 g/mol. The van der Waals surface area contributed by atoms with Crippen molar-refractivity contribution in [3.8, 4) is 44.5 Å². The van der Waals surface area contributed by atoms with Crippen molar-refractivity contribution in [3.63, 3.8) is 0 Å². The number of fused-ring (bicyclic) bond motifs is 4. The zero-order valence-corrected chi connectivity index (χ0v) is 34.7. The summed E-state index contributed by atoms with van der Waals surface area (Å²) < 4.78 is 0. The molecule has 1 nitrogen and oxygen atoms in total. The van der Waals surface area contributed by atoms with E-state index in [9.17, 15) is 0 Å². The minimum atomic E-state index is -0.0947. The van der Waals surface area contributed by atoms with Gasteiger partial charge in [0.15, 0.2) is 0 Å². The fraction of sp³-hybridized carbons (Fsp3) is 0.220. The molecule has 4 fully saturated rings. The van der Waals surface area contributed by atoms with Crippen molar-refractivity contribution in [1.29, 1.82) is 0 Å². The Balaban J connectivity index is 0.949. The summed E-state index contributed by atoms with van der Waals surface area (Å²) in [5.41, 5.74) is 18.4. The Bertz CT molecular complexity index is 2880. The molecule has 4 bridgehead atoms. The van der Waals surface area contributed by atoms with E-state index in [4.69, 9.17) is 0 Å². The minimum Gasteiger partial charge on any atom is -0.310 e. The SMILES string of the molecule is CC1(C)c2ccccc2-c2ccc(N(c3ccc(-c4cccc5cccc(-c6ccccc6)c45)cc3)c3cccc(-c4ccc(C56CC7CC(CC(C7)C5)C6)cc4)c3)cc21. The van der Waals surface area contributed by atoms with E-state index in [-0.39, 0.29) is 5.41 Å². The van der Waals surface area contributed by atoms with Crippen LogP contribution in [0.15, 0.2) is 182 Å². The van der Waals surface area contributed by atoms with Gasteiger partial charge in [0.2, 0.25) is 0 Å². The van der Waals surface area contributed by atoms with E-state index in [2.05, 4.69) is 201 Å². The number of rotatable bonds is 7. The van der Waals surface area contributed by atoms with Gasteiger partial charge in [-0.25, -0.2) is 0 Å². The molecule has 0 amide bonds. The minimum absolute atomic E-state index is 0.0947. The van der Waals surface area contributed by atoms with E-state index in [1.807, 2.05) is 0 Å². The molecular formula is C59H51N. The molecule has 4 saturated carbocycles. The Morgan fingerprint density at radius 1 is 0.400 bits per heavy atom. The first-order chi connectivity index (χ1) is 29.4. The second-order valence-electron chi connectivity index (χ2n) is 19.2. The van der Waals surface area contributed by atoms with Gasteiger partial charge in [0.05, 0.1) is 0 Å². The van der Waals surface area contributed by atoms with Gasteiger partial charge in [-0.2, -0.15) is 0 Å². The first-order valence-corrected chi connectivity index (χ1v) is 22.3. The molecular weight excluding hydrogens is 723 g/mol. The number of nitrogens with zero attached hydrogens (tertiary/aromatic N) is 1. The van der Waals surface area contributed by atoms with Crippen LogP contribution in [0.2, 0.25) is 0 Å². The Morgan fingerprint density at radius 2 is 0.933 bits per heavy atom. The molecule has 0 N–H and O–H groups in total. The van der Waals surface area contributed by atoms with Crippen LogP contribution in [0, 0.1) is 17.8 Å². The van der Waals surface area contributed by atoms with E-state index >= 15 is 0 Å². The topological polar surface area (TPSA) is 3.24 Å². The summed E-state index contributed by atoms with van der Waals surface area (Å²) in [5, 5.41) is 2.54. The third-order valence-electron chi connectivity index (χ3n) is 15.2. The van der Waals surface area contributed by atoms with Gasteiger partial charge in [-0.05, 0) is 170 Å². The van der Waals surface area contributed by atoms with Crippen molar-refractivity contribution in [2.24, 2.45) is 17.8 Å². The maximum absolute atomic E-state index is 2.49. The predicted octanol–water partition coefficient (Wildman–Crippen LogP) is 16.1. The maximum atomic E-state index is 2.49. The zero-order chi connectivity index (χ0) is 40.0. The average molecular weight is 774 g/mol. The maximum Gasteiger partial charge on any atom is 0.0467 e. The Labute approximate surface area is 355 Å². The lowest BCUT2D eigenvalue weighted by atomic mass is 9.48. The fourth-order valence-electron chi connectivity index (χ4n) is 12.8. The Kier molecular flexibility index (Phi) is 8.15. The molecule has 13 rings (SSSR count). The first kappa shape index (κ1) is 35.7. The van der Waals surface area contributed by atoms with Crippen LogP contribution in [0.1, 0.15) is 69.1 Å². The molecule has 1 heteroatoms. The summed E-state index contributed by atoms with van der Waals surface area (Å²) in [7, 11) is 0. The van der Waals surface area contributed by atoms with E-state index in [1.165, 1.54) is 111 Å². The molecule has 0 spiro atoms. The molecule has 8 aromatic carbocycles.